The van der Waals surface area contributed by atoms with Crippen molar-refractivity contribution in [3.63, 3.8) is 0 Å². The van der Waals surface area contributed by atoms with E-state index in [2.05, 4.69) is 59.2 Å². The van der Waals surface area contributed by atoms with E-state index >= 15 is 0 Å². The van der Waals surface area contributed by atoms with E-state index in [9.17, 15) is 0 Å². The molecule has 0 spiro atoms. The third-order valence-corrected chi connectivity index (χ3v) is 2.88. The first-order valence-corrected chi connectivity index (χ1v) is 5.15. The normalized spacial score (nSPS) is 15.4. The van der Waals surface area contributed by atoms with Gasteiger partial charge in [-0.25, -0.2) is 0 Å². The lowest BCUT2D eigenvalue weighted by Gasteiger charge is -2.21. The lowest BCUT2D eigenvalue weighted by Crippen LogP contribution is -2.20. The molecule has 1 aliphatic rings. The Hall–Kier alpha value is -0.975. The Balaban J connectivity index is 2.50. The summed E-state index contributed by atoms with van der Waals surface area (Å²) < 4.78 is 0. The second-order valence-electron chi connectivity index (χ2n) is 5.02. The summed E-state index contributed by atoms with van der Waals surface area (Å²) in [5.41, 5.74) is 5.93. The van der Waals surface area contributed by atoms with Crippen LogP contribution in [-0.4, -0.2) is 7.28 Å². The van der Waals surface area contributed by atoms with Crippen LogP contribution in [0.25, 0.3) is 5.57 Å². The Kier molecular flexibility index (Phi) is 2.06. The quantitative estimate of drug-likeness (QED) is 0.542. The number of hydrogen-bond donors (Lipinski definition) is 0. The van der Waals surface area contributed by atoms with Crippen LogP contribution in [0.5, 0.6) is 0 Å². The predicted octanol–water partition coefficient (Wildman–Crippen LogP) is 2.81. The average molecular weight is 183 g/mol. The lowest BCUT2D eigenvalue weighted by molar-refractivity contribution is 0.531. The summed E-state index contributed by atoms with van der Waals surface area (Å²) in [5, 5.41) is 0. The highest BCUT2D eigenvalue weighted by Crippen LogP contribution is 2.34. The maximum absolute atomic E-state index is 2.32. The summed E-state index contributed by atoms with van der Waals surface area (Å²) >= 11 is 0. The summed E-state index contributed by atoms with van der Waals surface area (Å²) in [6.45, 7) is 9.04. The molecule has 0 amide bonds. The Labute approximate surface area is 87.3 Å². The van der Waals surface area contributed by atoms with Crippen LogP contribution >= 0.6 is 0 Å². The van der Waals surface area contributed by atoms with E-state index in [0.29, 0.717) is 0 Å². The number of allylic oxidation sites excluding steroid dienone is 2. The maximum Gasteiger partial charge on any atom is 0.187 e. The molecule has 14 heavy (non-hydrogen) atoms. The zero-order valence-corrected chi connectivity index (χ0v) is 9.39. The van der Waals surface area contributed by atoms with Crippen molar-refractivity contribution in [2.75, 3.05) is 0 Å². The topological polar surface area (TPSA) is 0 Å². The van der Waals surface area contributed by atoms with Crippen molar-refractivity contribution in [3.05, 3.63) is 35.3 Å². The molecular weight excluding hydrogens is 167 g/mol. The van der Waals surface area contributed by atoms with Gasteiger partial charge in [-0.15, -0.1) is 0 Å². The zero-order chi connectivity index (χ0) is 10.3. The van der Waals surface area contributed by atoms with E-state index in [1.54, 1.807) is 0 Å². The van der Waals surface area contributed by atoms with Crippen LogP contribution in [0.15, 0.2) is 29.7 Å². The van der Waals surface area contributed by atoms with Crippen LogP contribution in [0.2, 0.25) is 0 Å². The predicted molar refractivity (Wildman–Crippen MR) is 63.9 cm³/mol. The van der Waals surface area contributed by atoms with Crippen molar-refractivity contribution >= 4 is 18.3 Å². The van der Waals surface area contributed by atoms with E-state index in [1.807, 2.05) is 0 Å². The van der Waals surface area contributed by atoms with Gasteiger partial charge < -0.3 is 0 Å². The molecule has 0 saturated carbocycles. The fourth-order valence-corrected chi connectivity index (χ4v) is 2.15. The second-order valence-corrected chi connectivity index (χ2v) is 5.02. The van der Waals surface area contributed by atoms with E-state index < -0.39 is 0 Å². The molecule has 0 aromatic heterocycles. The van der Waals surface area contributed by atoms with Crippen LogP contribution in [0.1, 0.15) is 33.3 Å². The molecule has 1 heteroatoms. The molecule has 1 heterocycles. The number of rotatable bonds is 0. The molecule has 0 aliphatic carbocycles. The molecule has 0 atom stereocenters. The van der Waals surface area contributed by atoms with Gasteiger partial charge in [-0.2, -0.15) is 0 Å². The van der Waals surface area contributed by atoms with E-state index in [4.69, 9.17) is 0 Å². The SMILES string of the molecule is CC1=C(C(C)(C)C)[B]c2ccccc21. The highest BCUT2D eigenvalue weighted by molar-refractivity contribution is 6.66. The van der Waals surface area contributed by atoms with E-state index in [0.717, 1.165) is 0 Å². The first-order chi connectivity index (χ1) is 6.50. The number of benzene rings is 1. The average Bonchev–Trinajstić information content (AvgIpc) is 2.44. The van der Waals surface area contributed by atoms with E-state index in [1.165, 1.54) is 22.1 Å². The minimum Gasteiger partial charge on any atom is -0.0938 e. The van der Waals surface area contributed by atoms with Crippen LogP contribution in [0.4, 0.5) is 0 Å². The van der Waals surface area contributed by atoms with Crippen LogP contribution in [0, 0.1) is 5.41 Å². The molecule has 0 unspecified atom stereocenters. The molecule has 0 N–H and O–H groups in total. The summed E-state index contributed by atoms with van der Waals surface area (Å²) in [4.78, 5) is 0. The summed E-state index contributed by atoms with van der Waals surface area (Å²) in [7, 11) is 2.32. The van der Waals surface area contributed by atoms with Crippen molar-refractivity contribution in [2.24, 2.45) is 5.41 Å². The van der Waals surface area contributed by atoms with Gasteiger partial charge in [0.25, 0.3) is 0 Å². The van der Waals surface area contributed by atoms with Crippen molar-refractivity contribution in [3.8, 4) is 0 Å². The third-order valence-electron chi connectivity index (χ3n) is 2.88. The fourth-order valence-electron chi connectivity index (χ4n) is 2.15. The van der Waals surface area contributed by atoms with Crippen LogP contribution in [0.3, 0.4) is 0 Å². The van der Waals surface area contributed by atoms with Gasteiger partial charge in [0.05, 0.1) is 0 Å². The van der Waals surface area contributed by atoms with Crippen molar-refractivity contribution < 1.29 is 0 Å². The minimum atomic E-state index is 0.253. The standard InChI is InChI=1S/C13H16B/c1-9-10-7-5-6-8-11(10)14-12(9)13(2,3)4/h5-8H,1-4H3. The van der Waals surface area contributed by atoms with Gasteiger partial charge in [-0.05, 0) is 17.9 Å². The molecule has 1 aliphatic heterocycles. The van der Waals surface area contributed by atoms with Crippen LogP contribution in [-0.2, 0) is 0 Å². The molecule has 71 valence electrons. The monoisotopic (exact) mass is 183 g/mol. The number of hydrogen-bond acceptors (Lipinski definition) is 0. The molecule has 0 saturated heterocycles. The van der Waals surface area contributed by atoms with Gasteiger partial charge in [0.1, 0.15) is 0 Å². The molecule has 0 nitrogen and oxygen atoms in total. The second kappa shape index (κ2) is 3.01. The minimum absolute atomic E-state index is 0.253. The Bertz CT molecular complexity index is 394. The largest absolute Gasteiger partial charge is 0.187 e. The van der Waals surface area contributed by atoms with Gasteiger partial charge in [0, 0.05) is 0 Å². The summed E-state index contributed by atoms with van der Waals surface area (Å²) in [5.74, 6) is 0. The van der Waals surface area contributed by atoms with Gasteiger partial charge >= 0.3 is 0 Å². The van der Waals surface area contributed by atoms with E-state index in [-0.39, 0.29) is 5.41 Å². The highest BCUT2D eigenvalue weighted by Gasteiger charge is 2.27. The lowest BCUT2D eigenvalue weighted by atomic mass is 9.58. The van der Waals surface area contributed by atoms with Gasteiger partial charge in [0.15, 0.2) is 7.28 Å². The van der Waals surface area contributed by atoms with Gasteiger partial charge in [-0.3, -0.25) is 0 Å². The molecule has 0 bridgehead atoms. The smallest absolute Gasteiger partial charge is 0.0938 e. The molecular formula is C13H16B. The highest BCUT2D eigenvalue weighted by atomic mass is 14.2. The summed E-state index contributed by atoms with van der Waals surface area (Å²) in [6.07, 6.45) is 0. The van der Waals surface area contributed by atoms with Crippen molar-refractivity contribution in [2.45, 2.75) is 27.7 Å². The Morgan fingerprint density at radius 3 is 2.29 bits per heavy atom. The number of fused-ring (bicyclic) bond motifs is 1. The van der Waals surface area contributed by atoms with Gasteiger partial charge in [-0.1, -0.05) is 61.5 Å². The molecule has 1 aromatic carbocycles. The molecule has 0 fully saturated rings. The molecule has 1 radical (unpaired) electrons. The maximum atomic E-state index is 2.32. The Morgan fingerprint density at radius 2 is 1.71 bits per heavy atom. The first kappa shape index (κ1) is 9.58. The Morgan fingerprint density at radius 1 is 1.07 bits per heavy atom. The van der Waals surface area contributed by atoms with Crippen molar-refractivity contribution in [1.29, 1.82) is 0 Å². The van der Waals surface area contributed by atoms with Gasteiger partial charge in [0.2, 0.25) is 0 Å². The summed E-state index contributed by atoms with van der Waals surface area (Å²) in [6, 6.07) is 8.62. The zero-order valence-electron chi connectivity index (χ0n) is 9.39. The molecule has 1 aromatic rings. The van der Waals surface area contributed by atoms with Crippen LogP contribution < -0.4 is 5.46 Å². The molecule has 2 rings (SSSR count). The first-order valence-electron chi connectivity index (χ1n) is 5.15. The third kappa shape index (κ3) is 1.41. The fraction of sp³-hybridized carbons (Fsp3) is 0.385. The van der Waals surface area contributed by atoms with Crippen molar-refractivity contribution in [1.82, 2.24) is 0 Å².